The number of aliphatic hydroxyl groups is 1. The number of benzene rings is 1. The van der Waals surface area contributed by atoms with E-state index in [1.54, 1.807) is 6.20 Å². The highest BCUT2D eigenvalue weighted by atomic mass is 16.4. The summed E-state index contributed by atoms with van der Waals surface area (Å²) in [6, 6.07) is 5.52. The van der Waals surface area contributed by atoms with Crippen LogP contribution in [0.5, 0.6) is 0 Å². The molecule has 1 aromatic carbocycles. The van der Waals surface area contributed by atoms with E-state index in [1.807, 2.05) is 24.3 Å². The van der Waals surface area contributed by atoms with E-state index in [4.69, 9.17) is 0 Å². The Morgan fingerprint density at radius 3 is 2.77 bits per heavy atom. The first-order valence-electron chi connectivity index (χ1n) is 8.40. The molecule has 0 saturated carbocycles. The fourth-order valence-electron chi connectivity index (χ4n) is 3.40. The number of carbonyl (C=O) groups excluding carboxylic acids is 2. The number of para-hydroxylation sites is 1. The van der Waals surface area contributed by atoms with E-state index in [0.29, 0.717) is 0 Å². The highest BCUT2D eigenvalue weighted by Gasteiger charge is 2.38. The Kier molecular flexibility index (Phi) is 4.94. The summed E-state index contributed by atoms with van der Waals surface area (Å²) in [6.45, 7) is 1.40. The summed E-state index contributed by atoms with van der Waals surface area (Å²) in [4.78, 5) is 40.2. The van der Waals surface area contributed by atoms with E-state index in [9.17, 15) is 24.6 Å². The van der Waals surface area contributed by atoms with Gasteiger partial charge in [0.2, 0.25) is 11.8 Å². The molecule has 0 bridgehead atoms. The molecule has 4 N–H and O–H groups in total. The van der Waals surface area contributed by atoms with Crippen molar-refractivity contribution in [3.8, 4) is 0 Å². The number of amides is 2. The summed E-state index contributed by atoms with van der Waals surface area (Å²) in [6.07, 6.45) is 1.16. The highest BCUT2D eigenvalue weighted by molar-refractivity contribution is 5.91. The van der Waals surface area contributed by atoms with Gasteiger partial charge in [-0.2, -0.15) is 0 Å². The van der Waals surface area contributed by atoms with E-state index in [-0.39, 0.29) is 25.3 Å². The number of β-amino-alcohol motifs (C(OH)–C–C–N with tert-alkyl or cyclic N) is 1. The van der Waals surface area contributed by atoms with Crippen LogP contribution >= 0.6 is 0 Å². The third-order valence-electron chi connectivity index (χ3n) is 4.70. The highest BCUT2D eigenvalue weighted by Crippen LogP contribution is 2.21. The van der Waals surface area contributed by atoms with Crippen molar-refractivity contribution in [3.63, 3.8) is 0 Å². The quantitative estimate of drug-likeness (QED) is 0.610. The summed E-state index contributed by atoms with van der Waals surface area (Å²) in [7, 11) is 0. The number of carboxylic acids is 1. The van der Waals surface area contributed by atoms with Crippen molar-refractivity contribution < 1.29 is 24.6 Å². The van der Waals surface area contributed by atoms with Gasteiger partial charge in [0.05, 0.1) is 6.10 Å². The maximum atomic E-state index is 12.5. The zero-order valence-electron chi connectivity index (χ0n) is 14.3. The zero-order chi connectivity index (χ0) is 18.8. The van der Waals surface area contributed by atoms with Gasteiger partial charge in [-0.3, -0.25) is 9.59 Å². The molecule has 8 heteroatoms. The lowest BCUT2D eigenvalue weighted by Gasteiger charge is -2.24. The van der Waals surface area contributed by atoms with Crippen LogP contribution in [0.15, 0.2) is 30.5 Å². The third kappa shape index (κ3) is 3.55. The van der Waals surface area contributed by atoms with Crippen LogP contribution in [-0.2, 0) is 20.8 Å². The molecule has 1 aliphatic rings. The van der Waals surface area contributed by atoms with Gasteiger partial charge in [-0.15, -0.1) is 0 Å². The Hall–Kier alpha value is -2.87. The topological polar surface area (TPSA) is 123 Å². The first kappa shape index (κ1) is 17.9. The van der Waals surface area contributed by atoms with Gasteiger partial charge in [0.25, 0.3) is 0 Å². The number of aliphatic carboxylic acids is 1. The lowest BCUT2D eigenvalue weighted by atomic mass is 10.0. The minimum atomic E-state index is -1.16. The number of nitrogens with one attached hydrogen (secondary N) is 2. The largest absolute Gasteiger partial charge is 0.480 e. The molecule has 2 heterocycles. The molecule has 0 unspecified atom stereocenters. The molecule has 8 nitrogen and oxygen atoms in total. The Morgan fingerprint density at radius 1 is 1.35 bits per heavy atom. The van der Waals surface area contributed by atoms with Gasteiger partial charge in [-0.25, -0.2) is 4.79 Å². The number of likely N-dealkylation sites (tertiary alicyclic amines) is 1. The maximum Gasteiger partial charge on any atom is 0.326 e. The Labute approximate surface area is 149 Å². The summed E-state index contributed by atoms with van der Waals surface area (Å²) in [5.41, 5.74) is 1.67. The molecule has 1 fully saturated rings. The normalized spacial score (nSPS) is 20.9. The van der Waals surface area contributed by atoms with Gasteiger partial charge < -0.3 is 25.4 Å². The van der Waals surface area contributed by atoms with E-state index in [1.165, 1.54) is 11.8 Å². The van der Waals surface area contributed by atoms with Crippen molar-refractivity contribution in [1.29, 1.82) is 0 Å². The SMILES string of the molecule is CC(=O)N1C[C@H](O)C[C@H]1C(=O)N[C@H](Cc1c[nH]c2ccccc12)C(=O)O. The smallest absolute Gasteiger partial charge is 0.326 e. The van der Waals surface area contributed by atoms with E-state index in [2.05, 4.69) is 10.3 Å². The molecule has 0 aliphatic carbocycles. The molecule has 26 heavy (non-hydrogen) atoms. The zero-order valence-corrected chi connectivity index (χ0v) is 14.3. The molecule has 138 valence electrons. The van der Waals surface area contributed by atoms with Crippen LogP contribution in [0.4, 0.5) is 0 Å². The van der Waals surface area contributed by atoms with Crippen molar-refractivity contribution >= 4 is 28.7 Å². The van der Waals surface area contributed by atoms with Crippen LogP contribution in [0.25, 0.3) is 10.9 Å². The molecule has 3 atom stereocenters. The Balaban J connectivity index is 1.75. The lowest BCUT2D eigenvalue weighted by Crippen LogP contribution is -2.51. The molecule has 1 aromatic heterocycles. The fraction of sp³-hybridized carbons (Fsp3) is 0.389. The second-order valence-electron chi connectivity index (χ2n) is 6.54. The average molecular weight is 359 g/mol. The van der Waals surface area contributed by atoms with E-state index >= 15 is 0 Å². The van der Waals surface area contributed by atoms with Gasteiger partial charge in [0, 0.05) is 43.4 Å². The number of aromatic amines is 1. The molecule has 3 rings (SSSR count). The number of hydrogen-bond acceptors (Lipinski definition) is 4. The number of aromatic nitrogens is 1. The Morgan fingerprint density at radius 2 is 2.08 bits per heavy atom. The van der Waals surface area contributed by atoms with Crippen LogP contribution in [-0.4, -0.2) is 62.6 Å². The molecule has 2 aromatic rings. The average Bonchev–Trinajstić information content (AvgIpc) is 3.18. The van der Waals surface area contributed by atoms with Crippen molar-refractivity contribution in [2.75, 3.05) is 6.54 Å². The minimum Gasteiger partial charge on any atom is -0.480 e. The van der Waals surface area contributed by atoms with Crippen molar-refractivity contribution in [2.45, 2.75) is 38.0 Å². The van der Waals surface area contributed by atoms with Gasteiger partial charge in [0.1, 0.15) is 12.1 Å². The predicted molar refractivity (Wildman–Crippen MR) is 93.4 cm³/mol. The van der Waals surface area contributed by atoms with Gasteiger partial charge in [-0.1, -0.05) is 18.2 Å². The molecular formula is C18H21N3O5. The van der Waals surface area contributed by atoms with E-state index in [0.717, 1.165) is 16.5 Å². The first-order chi connectivity index (χ1) is 12.4. The van der Waals surface area contributed by atoms with E-state index < -0.39 is 30.1 Å². The number of rotatable bonds is 5. The summed E-state index contributed by atoms with van der Waals surface area (Å²) in [5, 5.41) is 22.7. The van der Waals surface area contributed by atoms with Crippen LogP contribution in [0.1, 0.15) is 18.9 Å². The standard InChI is InChI=1S/C18H21N3O5/c1-10(22)21-9-12(23)7-16(21)17(24)20-15(18(25)26)6-11-8-19-14-5-3-2-4-13(11)14/h2-5,8,12,15-16,19,23H,6-7,9H2,1H3,(H,20,24)(H,25,26)/t12-,15-,16+/m1/s1. The molecule has 1 aliphatic heterocycles. The van der Waals surface area contributed by atoms with Crippen LogP contribution < -0.4 is 5.32 Å². The second kappa shape index (κ2) is 7.17. The lowest BCUT2D eigenvalue weighted by molar-refractivity contribution is -0.143. The predicted octanol–water partition coefficient (Wildman–Crippen LogP) is 0.262. The minimum absolute atomic E-state index is 0.0770. The van der Waals surface area contributed by atoms with Crippen molar-refractivity contribution in [3.05, 3.63) is 36.0 Å². The Bertz CT molecular complexity index is 846. The number of nitrogens with zero attached hydrogens (tertiary/aromatic N) is 1. The van der Waals surface area contributed by atoms with Crippen molar-refractivity contribution in [2.24, 2.45) is 0 Å². The van der Waals surface area contributed by atoms with Gasteiger partial charge >= 0.3 is 5.97 Å². The number of fused-ring (bicyclic) bond motifs is 1. The van der Waals surface area contributed by atoms with Crippen LogP contribution in [0.3, 0.4) is 0 Å². The molecule has 1 saturated heterocycles. The maximum absolute atomic E-state index is 12.5. The van der Waals surface area contributed by atoms with Crippen molar-refractivity contribution in [1.82, 2.24) is 15.2 Å². The molecule has 2 amide bonds. The second-order valence-corrected chi connectivity index (χ2v) is 6.54. The number of carbonyl (C=O) groups is 3. The van der Waals surface area contributed by atoms with Crippen LogP contribution in [0, 0.1) is 0 Å². The number of hydrogen-bond donors (Lipinski definition) is 4. The summed E-state index contributed by atoms with van der Waals surface area (Å²) >= 11 is 0. The molecule has 0 spiro atoms. The summed E-state index contributed by atoms with van der Waals surface area (Å²) < 4.78 is 0. The van der Waals surface area contributed by atoms with Gasteiger partial charge in [-0.05, 0) is 11.6 Å². The molecule has 0 radical (unpaired) electrons. The monoisotopic (exact) mass is 359 g/mol. The number of carboxylic acid groups (broad SMARTS) is 1. The van der Waals surface area contributed by atoms with Crippen LogP contribution in [0.2, 0.25) is 0 Å². The summed E-state index contributed by atoms with van der Waals surface area (Å²) in [5.74, 6) is -2.05. The fourth-order valence-corrected chi connectivity index (χ4v) is 3.40. The molecular weight excluding hydrogens is 338 g/mol. The van der Waals surface area contributed by atoms with Gasteiger partial charge in [0.15, 0.2) is 0 Å². The number of aliphatic hydroxyl groups excluding tert-OH is 1. The number of H-pyrrole nitrogens is 1. The third-order valence-corrected chi connectivity index (χ3v) is 4.70. The first-order valence-corrected chi connectivity index (χ1v) is 8.40.